The van der Waals surface area contributed by atoms with Crippen LogP contribution in [0.1, 0.15) is 37.3 Å². The summed E-state index contributed by atoms with van der Waals surface area (Å²) in [5, 5.41) is 0. The van der Waals surface area contributed by atoms with Gasteiger partial charge >= 0.3 is 0 Å². The van der Waals surface area contributed by atoms with E-state index in [1.807, 2.05) is 19.3 Å². The van der Waals surface area contributed by atoms with E-state index in [-0.39, 0.29) is 6.10 Å². The van der Waals surface area contributed by atoms with Gasteiger partial charge < -0.3 is 9.64 Å². The lowest BCUT2D eigenvalue weighted by Gasteiger charge is -2.41. The summed E-state index contributed by atoms with van der Waals surface area (Å²) in [6.07, 6.45) is 6.33. The van der Waals surface area contributed by atoms with Gasteiger partial charge in [-0.25, -0.2) is 0 Å². The Hall–Kier alpha value is -1.04. The van der Waals surface area contributed by atoms with Crippen LogP contribution in [0.15, 0.2) is 12.4 Å². The van der Waals surface area contributed by atoms with Crippen LogP contribution in [0.3, 0.4) is 0 Å². The fraction of sp³-hybridized carbons (Fsp3) is 0.750. The molecule has 0 bridgehead atoms. The molecular weight excluding hydrogens is 264 g/mol. The zero-order valence-electron chi connectivity index (χ0n) is 13.2. The molecule has 0 saturated carbocycles. The van der Waals surface area contributed by atoms with Crippen molar-refractivity contribution < 1.29 is 4.74 Å². The van der Waals surface area contributed by atoms with Crippen LogP contribution >= 0.6 is 0 Å². The minimum Gasteiger partial charge on any atom is -0.369 e. The molecule has 0 aromatic carbocycles. The second kappa shape index (κ2) is 6.81. The number of nitrogens with zero attached hydrogens (tertiary/aromatic N) is 4. The van der Waals surface area contributed by atoms with Crippen LogP contribution in [-0.4, -0.2) is 65.1 Å². The molecule has 3 heterocycles. The van der Waals surface area contributed by atoms with Crippen molar-refractivity contribution in [2.75, 3.05) is 39.3 Å². The van der Waals surface area contributed by atoms with Crippen molar-refractivity contribution in [3.8, 4) is 0 Å². The molecule has 2 fully saturated rings. The Kier molecular flexibility index (Phi) is 4.83. The first-order valence-electron chi connectivity index (χ1n) is 8.13. The van der Waals surface area contributed by atoms with Crippen molar-refractivity contribution in [2.45, 2.75) is 38.8 Å². The highest BCUT2D eigenvalue weighted by atomic mass is 16.5. The van der Waals surface area contributed by atoms with E-state index in [9.17, 15) is 0 Å². The molecule has 3 rings (SSSR count). The van der Waals surface area contributed by atoms with E-state index in [2.05, 4.69) is 26.7 Å². The average Bonchev–Trinajstić information content (AvgIpc) is 2.56. The minimum absolute atomic E-state index is 0.0797. The maximum atomic E-state index is 5.91. The van der Waals surface area contributed by atoms with Crippen LogP contribution in [0.4, 0.5) is 0 Å². The van der Waals surface area contributed by atoms with Gasteiger partial charge in [-0.3, -0.25) is 14.9 Å². The van der Waals surface area contributed by atoms with E-state index in [1.165, 1.54) is 32.5 Å². The first kappa shape index (κ1) is 14.9. The van der Waals surface area contributed by atoms with Crippen molar-refractivity contribution in [2.24, 2.45) is 0 Å². The number of hydrogen-bond donors (Lipinski definition) is 0. The van der Waals surface area contributed by atoms with Gasteiger partial charge in [0.1, 0.15) is 6.10 Å². The molecule has 1 atom stereocenters. The molecule has 5 nitrogen and oxygen atoms in total. The SMILES string of the molecule is CCN1CCC(N2CCOC(c3cnc(C)cn3)C2)CC1. The number of morpholine rings is 1. The second-order valence-electron chi connectivity index (χ2n) is 6.10. The van der Waals surface area contributed by atoms with E-state index < -0.39 is 0 Å². The predicted octanol–water partition coefficient (Wildman–Crippen LogP) is 1.64. The van der Waals surface area contributed by atoms with E-state index in [4.69, 9.17) is 4.74 Å². The highest BCUT2D eigenvalue weighted by Gasteiger charge is 2.30. The van der Waals surface area contributed by atoms with E-state index >= 15 is 0 Å². The van der Waals surface area contributed by atoms with Gasteiger partial charge in [0, 0.05) is 25.3 Å². The Labute approximate surface area is 127 Å². The van der Waals surface area contributed by atoms with Gasteiger partial charge in [-0.1, -0.05) is 6.92 Å². The number of aryl methyl sites for hydroxylation is 1. The molecular formula is C16H26N4O. The van der Waals surface area contributed by atoms with Gasteiger partial charge in [-0.15, -0.1) is 0 Å². The summed E-state index contributed by atoms with van der Waals surface area (Å²) in [4.78, 5) is 14.0. The van der Waals surface area contributed by atoms with Crippen molar-refractivity contribution in [3.63, 3.8) is 0 Å². The van der Waals surface area contributed by atoms with E-state index in [0.29, 0.717) is 6.04 Å². The van der Waals surface area contributed by atoms with Gasteiger partial charge in [0.2, 0.25) is 0 Å². The normalized spacial score (nSPS) is 26.1. The molecule has 0 aliphatic carbocycles. The highest BCUT2D eigenvalue weighted by Crippen LogP contribution is 2.25. The summed E-state index contributed by atoms with van der Waals surface area (Å²) in [6, 6.07) is 0.706. The summed E-state index contributed by atoms with van der Waals surface area (Å²) in [6.45, 7) is 10.7. The number of aromatic nitrogens is 2. The van der Waals surface area contributed by atoms with Crippen LogP contribution in [-0.2, 0) is 4.74 Å². The molecule has 0 spiro atoms. The van der Waals surface area contributed by atoms with Crippen LogP contribution in [0.2, 0.25) is 0 Å². The van der Waals surface area contributed by atoms with Gasteiger partial charge in [-0.05, 0) is 39.4 Å². The number of likely N-dealkylation sites (tertiary alicyclic amines) is 1. The van der Waals surface area contributed by atoms with Crippen LogP contribution in [0.25, 0.3) is 0 Å². The number of ether oxygens (including phenoxy) is 1. The molecule has 2 saturated heterocycles. The smallest absolute Gasteiger partial charge is 0.114 e. The first-order valence-corrected chi connectivity index (χ1v) is 8.13. The zero-order valence-corrected chi connectivity index (χ0v) is 13.2. The van der Waals surface area contributed by atoms with E-state index in [0.717, 1.165) is 31.1 Å². The van der Waals surface area contributed by atoms with Gasteiger partial charge in [0.15, 0.2) is 0 Å². The maximum absolute atomic E-state index is 5.91. The van der Waals surface area contributed by atoms with Gasteiger partial charge in [0.05, 0.1) is 24.2 Å². The summed E-state index contributed by atoms with van der Waals surface area (Å²) >= 11 is 0. The van der Waals surface area contributed by atoms with Crippen molar-refractivity contribution in [3.05, 3.63) is 23.8 Å². The van der Waals surface area contributed by atoms with Crippen LogP contribution < -0.4 is 0 Å². The second-order valence-corrected chi connectivity index (χ2v) is 6.10. The maximum Gasteiger partial charge on any atom is 0.114 e. The lowest BCUT2D eigenvalue weighted by molar-refractivity contribution is -0.0552. The van der Waals surface area contributed by atoms with Gasteiger partial charge in [-0.2, -0.15) is 0 Å². The quantitative estimate of drug-likeness (QED) is 0.846. The van der Waals surface area contributed by atoms with E-state index in [1.54, 1.807) is 0 Å². The van der Waals surface area contributed by atoms with Gasteiger partial charge in [0.25, 0.3) is 0 Å². The Morgan fingerprint density at radius 2 is 2.00 bits per heavy atom. The molecule has 2 aliphatic heterocycles. The third kappa shape index (κ3) is 3.59. The lowest BCUT2D eigenvalue weighted by atomic mass is 10.0. The summed E-state index contributed by atoms with van der Waals surface area (Å²) < 4.78 is 5.91. The molecule has 2 aliphatic rings. The Bertz CT molecular complexity index is 442. The zero-order chi connectivity index (χ0) is 14.7. The van der Waals surface area contributed by atoms with Crippen LogP contribution in [0.5, 0.6) is 0 Å². The number of hydrogen-bond acceptors (Lipinski definition) is 5. The molecule has 1 aromatic heterocycles. The third-order valence-electron chi connectivity index (χ3n) is 4.75. The fourth-order valence-corrected chi connectivity index (χ4v) is 3.35. The standard InChI is InChI=1S/C16H26N4O/c1-3-19-6-4-14(5-7-19)20-8-9-21-16(12-20)15-11-17-13(2)10-18-15/h10-11,14,16H,3-9,12H2,1-2H3. The molecule has 21 heavy (non-hydrogen) atoms. The monoisotopic (exact) mass is 290 g/mol. The molecule has 0 N–H and O–H groups in total. The Morgan fingerprint density at radius 3 is 2.67 bits per heavy atom. The highest BCUT2D eigenvalue weighted by molar-refractivity contribution is 5.05. The Morgan fingerprint density at radius 1 is 1.19 bits per heavy atom. The minimum atomic E-state index is 0.0797. The molecule has 116 valence electrons. The fourth-order valence-electron chi connectivity index (χ4n) is 3.35. The van der Waals surface area contributed by atoms with Crippen molar-refractivity contribution >= 4 is 0 Å². The number of rotatable bonds is 3. The lowest BCUT2D eigenvalue weighted by Crippen LogP contribution is -2.49. The summed E-state index contributed by atoms with van der Waals surface area (Å²) in [7, 11) is 0. The molecule has 1 aromatic rings. The molecule has 0 amide bonds. The summed E-state index contributed by atoms with van der Waals surface area (Å²) in [5.41, 5.74) is 1.93. The Balaban J connectivity index is 1.59. The van der Waals surface area contributed by atoms with Crippen LogP contribution in [0, 0.1) is 6.92 Å². The largest absolute Gasteiger partial charge is 0.369 e. The topological polar surface area (TPSA) is 41.5 Å². The first-order chi connectivity index (χ1) is 10.3. The van der Waals surface area contributed by atoms with Crippen molar-refractivity contribution in [1.82, 2.24) is 19.8 Å². The molecule has 5 heteroatoms. The number of piperidine rings is 1. The average molecular weight is 290 g/mol. The third-order valence-corrected chi connectivity index (χ3v) is 4.75. The molecule has 0 radical (unpaired) electrons. The van der Waals surface area contributed by atoms with Crippen molar-refractivity contribution in [1.29, 1.82) is 0 Å². The summed E-state index contributed by atoms with van der Waals surface area (Å²) in [5.74, 6) is 0. The molecule has 1 unspecified atom stereocenters. The predicted molar refractivity (Wildman–Crippen MR) is 82.2 cm³/mol.